The molecular formula is C10H16N2O. The molecule has 0 aromatic carbocycles. The molecule has 1 heterocycles. The van der Waals surface area contributed by atoms with Crippen molar-refractivity contribution in [2.75, 3.05) is 11.9 Å². The predicted molar refractivity (Wildman–Crippen MR) is 53.8 cm³/mol. The van der Waals surface area contributed by atoms with Crippen molar-refractivity contribution in [3.63, 3.8) is 0 Å². The molecule has 3 heteroatoms. The van der Waals surface area contributed by atoms with Crippen LogP contribution in [0.4, 0.5) is 5.82 Å². The fourth-order valence-electron chi connectivity index (χ4n) is 0.879. The molecule has 72 valence electrons. The predicted octanol–water partition coefficient (Wildman–Crippen LogP) is 1.57. The van der Waals surface area contributed by atoms with Gasteiger partial charge in [-0.05, 0) is 32.4 Å². The molecule has 3 nitrogen and oxygen atoms in total. The minimum absolute atomic E-state index is 0.503. The number of aryl methyl sites for hydroxylation is 1. The standard InChI is InChI=1S/C10H16N2O/c1-8-4-5-9(11-6-8)12-7-10(2,3)13/h4-6,13H,7H2,1-3H3,(H,11,12). The maximum atomic E-state index is 9.44. The average Bonchev–Trinajstić information content (AvgIpc) is 2.02. The molecule has 0 fully saturated rings. The van der Waals surface area contributed by atoms with E-state index in [1.54, 1.807) is 20.0 Å². The smallest absolute Gasteiger partial charge is 0.125 e. The fourth-order valence-corrected chi connectivity index (χ4v) is 0.879. The van der Waals surface area contributed by atoms with Gasteiger partial charge >= 0.3 is 0 Å². The minimum atomic E-state index is -0.702. The van der Waals surface area contributed by atoms with Gasteiger partial charge in [-0.3, -0.25) is 0 Å². The number of nitrogens with zero attached hydrogens (tertiary/aromatic N) is 1. The molecule has 1 rings (SSSR count). The minimum Gasteiger partial charge on any atom is -0.389 e. The van der Waals surface area contributed by atoms with Crippen LogP contribution in [0.5, 0.6) is 0 Å². The van der Waals surface area contributed by atoms with Gasteiger partial charge in [0.25, 0.3) is 0 Å². The van der Waals surface area contributed by atoms with Crippen LogP contribution >= 0.6 is 0 Å². The largest absolute Gasteiger partial charge is 0.389 e. The normalized spacial score (nSPS) is 11.4. The Kier molecular flexibility index (Phi) is 2.88. The van der Waals surface area contributed by atoms with Gasteiger partial charge in [0.05, 0.1) is 5.60 Å². The maximum Gasteiger partial charge on any atom is 0.125 e. The molecule has 0 atom stereocenters. The molecule has 0 spiro atoms. The number of anilines is 1. The van der Waals surface area contributed by atoms with E-state index in [1.807, 2.05) is 19.1 Å². The summed E-state index contributed by atoms with van der Waals surface area (Å²) >= 11 is 0. The monoisotopic (exact) mass is 180 g/mol. The molecule has 1 aromatic heterocycles. The van der Waals surface area contributed by atoms with Crippen LogP contribution in [0.25, 0.3) is 0 Å². The Morgan fingerprint density at radius 3 is 2.62 bits per heavy atom. The molecule has 0 radical (unpaired) electrons. The third kappa shape index (κ3) is 3.90. The Morgan fingerprint density at radius 2 is 2.15 bits per heavy atom. The number of nitrogens with one attached hydrogen (secondary N) is 1. The van der Waals surface area contributed by atoms with Crippen molar-refractivity contribution in [1.82, 2.24) is 4.98 Å². The van der Waals surface area contributed by atoms with E-state index in [0.717, 1.165) is 11.4 Å². The van der Waals surface area contributed by atoms with Crippen LogP contribution in [0.3, 0.4) is 0 Å². The van der Waals surface area contributed by atoms with Gasteiger partial charge in [-0.1, -0.05) is 6.07 Å². The highest BCUT2D eigenvalue weighted by atomic mass is 16.3. The second-order valence-corrected chi connectivity index (χ2v) is 3.89. The lowest BCUT2D eigenvalue weighted by molar-refractivity contribution is 0.0944. The summed E-state index contributed by atoms with van der Waals surface area (Å²) in [6.45, 7) is 6.01. The van der Waals surface area contributed by atoms with Gasteiger partial charge < -0.3 is 10.4 Å². The summed E-state index contributed by atoms with van der Waals surface area (Å²) in [5.74, 6) is 0.799. The zero-order valence-electron chi connectivity index (χ0n) is 8.33. The van der Waals surface area contributed by atoms with Crippen molar-refractivity contribution < 1.29 is 5.11 Å². The van der Waals surface area contributed by atoms with Crippen molar-refractivity contribution in [3.05, 3.63) is 23.9 Å². The molecular weight excluding hydrogens is 164 g/mol. The van der Waals surface area contributed by atoms with E-state index in [4.69, 9.17) is 0 Å². The van der Waals surface area contributed by atoms with Gasteiger partial charge in [0.1, 0.15) is 5.82 Å². The molecule has 0 aliphatic rings. The van der Waals surface area contributed by atoms with Crippen LogP contribution in [0.15, 0.2) is 18.3 Å². The number of pyridine rings is 1. The van der Waals surface area contributed by atoms with Crippen LogP contribution in [0, 0.1) is 6.92 Å². The Bertz CT molecular complexity index is 261. The molecule has 0 bridgehead atoms. The summed E-state index contributed by atoms with van der Waals surface area (Å²) < 4.78 is 0. The van der Waals surface area contributed by atoms with Crippen LogP contribution in [-0.4, -0.2) is 22.2 Å². The van der Waals surface area contributed by atoms with Crippen molar-refractivity contribution in [2.45, 2.75) is 26.4 Å². The van der Waals surface area contributed by atoms with Crippen molar-refractivity contribution in [3.8, 4) is 0 Å². The molecule has 2 N–H and O–H groups in total. The Hall–Kier alpha value is -1.09. The molecule has 0 aliphatic heterocycles. The SMILES string of the molecule is Cc1ccc(NCC(C)(C)O)nc1. The van der Waals surface area contributed by atoms with Crippen LogP contribution < -0.4 is 5.32 Å². The van der Waals surface area contributed by atoms with Gasteiger partial charge in [0, 0.05) is 12.7 Å². The number of hydrogen-bond acceptors (Lipinski definition) is 3. The molecule has 0 saturated carbocycles. The number of aromatic nitrogens is 1. The van der Waals surface area contributed by atoms with E-state index in [0.29, 0.717) is 6.54 Å². The van der Waals surface area contributed by atoms with Crippen molar-refractivity contribution >= 4 is 5.82 Å². The first kappa shape index (κ1) is 9.99. The van der Waals surface area contributed by atoms with Crippen LogP contribution in [0.1, 0.15) is 19.4 Å². The van der Waals surface area contributed by atoms with Crippen LogP contribution in [0.2, 0.25) is 0 Å². The zero-order chi connectivity index (χ0) is 9.90. The van der Waals surface area contributed by atoms with E-state index >= 15 is 0 Å². The first-order valence-electron chi connectivity index (χ1n) is 4.36. The van der Waals surface area contributed by atoms with E-state index in [1.165, 1.54) is 0 Å². The summed E-state index contributed by atoms with van der Waals surface area (Å²) in [4.78, 5) is 4.16. The molecule has 0 aliphatic carbocycles. The quantitative estimate of drug-likeness (QED) is 0.742. The topological polar surface area (TPSA) is 45.1 Å². The lowest BCUT2D eigenvalue weighted by atomic mass is 10.1. The van der Waals surface area contributed by atoms with Gasteiger partial charge in [0.2, 0.25) is 0 Å². The van der Waals surface area contributed by atoms with Gasteiger partial charge in [-0.25, -0.2) is 4.98 Å². The Morgan fingerprint density at radius 1 is 1.46 bits per heavy atom. The molecule has 0 unspecified atom stereocenters. The number of aliphatic hydroxyl groups is 1. The third-order valence-corrected chi connectivity index (χ3v) is 1.61. The lowest BCUT2D eigenvalue weighted by Crippen LogP contribution is -2.29. The van der Waals surface area contributed by atoms with E-state index in [-0.39, 0.29) is 0 Å². The van der Waals surface area contributed by atoms with Gasteiger partial charge in [0.15, 0.2) is 0 Å². The van der Waals surface area contributed by atoms with E-state index < -0.39 is 5.60 Å². The van der Waals surface area contributed by atoms with Gasteiger partial charge in [-0.15, -0.1) is 0 Å². The second kappa shape index (κ2) is 3.75. The number of hydrogen-bond donors (Lipinski definition) is 2. The molecule has 0 saturated heterocycles. The van der Waals surface area contributed by atoms with Crippen LogP contribution in [-0.2, 0) is 0 Å². The summed E-state index contributed by atoms with van der Waals surface area (Å²) in [6.07, 6.45) is 1.80. The van der Waals surface area contributed by atoms with Crippen molar-refractivity contribution in [1.29, 1.82) is 0 Å². The third-order valence-electron chi connectivity index (χ3n) is 1.61. The van der Waals surface area contributed by atoms with E-state index in [2.05, 4.69) is 10.3 Å². The summed E-state index contributed by atoms with van der Waals surface area (Å²) in [5, 5.41) is 12.5. The second-order valence-electron chi connectivity index (χ2n) is 3.89. The zero-order valence-corrected chi connectivity index (χ0v) is 8.33. The molecule has 13 heavy (non-hydrogen) atoms. The summed E-state index contributed by atoms with van der Waals surface area (Å²) in [5.41, 5.74) is 0.431. The highest BCUT2D eigenvalue weighted by Gasteiger charge is 2.11. The van der Waals surface area contributed by atoms with Gasteiger partial charge in [-0.2, -0.15) is 0 Å². The first-order valence-corrected chi connectivity index (χ1v) is 4.36. The summed E-state index contributed by atoms with van der Waals surface area (Å²) in [6, 6.07) is 3.89. The highest BCUT2D eigenvalue weighted by molar-refractivity contribution is 5.35. The average molecular weight is 180 g/mol. The number of rotatable bonds is 3. The molecule has 0 amide bonds. The summed E-state index contributed by atoms with van der Waals surface area (Å²) in [7, 11) is 0. The lowest BCUT2D eigenvalue weighted by Gasteiger charge is -2.17. The van der Waals surface area contributed by atoms with E-state index in [9.17, 15) is 5.11 Å². The Balaban J connectivity index is 2.51. The molecule has 1 aromatic rings. The maximum absolute atomic E-state index is 9.44. The Labute approximate surface area is 78.8 Å². The van der Waals surface area contributed by atoms with Crippen molar-refractivity contribution in [2.24, 2.45) is 0 Å². The fraction of sp³-hybridized carbons (Fsp3) is 0.500. The first-order chi connectivity index (χ1) is 5.97. The highest BCUT2D eigenvalue weighted by Crippen LogP contribution is 2.06.